The van der Waals surface area contributed by atoms with Crippen LogP contribution in [0.25, 0.3) is 0 Å². The summed E-state index contributed by atoms with van der Waals surface area (Å²) >= 11 is 2.96. The van der Waals surface area contributed by atoms with Gasteiger partial charge in [0.2, 0.25) is 5.91 Å². The molecule has 0 aliphatic rings. The van der Waals surface area contributed by atoms with Gasteiger partial charge in [0.25, 0.3) is 0 Å². The SMILES string of the molecule is CCc1nsc(SC(C)CC(C)(N)C(N)=O)n1. The van der Waals surface area contributed by atoms with E-state index in [1.165, 1.54) is 11.5 Å². The van der Waals surface area contributed by atoms with E-state index in [1.54, 1.807) is 18.7 Å². The second-order valence-electron chi connectivity index (χ2n) is 4.24. The lowest BCUT2D eigenvalue weighted by molar-refractivity contribution is -0.122. The number of carbonyl (C=O) groups excluding carboxylic acids is 1. The van der Waals surface area contributed by atoms with Gasteiger partial charge in [0.15, 0.2) is 4.34 Å². The molecule has 0 aromatic carbocycles. The van der Waals surface area contributed by atoms with Gasteiger partial charge in [-0.2, -0.15) is 4.37 Å². The Morgan fingerprint density at radius 1 is 1.65 bits per heavy atom. The molecule has 0 saturated carbocycles. The van der Waals surface area contributed by atoms with Crippen molar-refractivity contribution >= 4 is 29.2 Å². The number of aryl methyl sites for hydroxylation is 1. The van der Waals surface area contributed by atoms with Crippen LogP contribution in [0, 0.1) is 0 Å². The number of hydrogen-bond acceptors (Lipinski definition) is 6. The number of nitrogens with zero attached hydrogens (tertiary/aromatic N) is 2. The van der Waals surface area contributed by atoms with Crippen LogP contribution in [0.4, 0.5) is 0 Å². The number of carbonyl (C=O) groups is 1. The fourth-order valence-corrected chi connectivity index (χ4v) is 3.55. The smallest absolute Gasteiger partial charge is 0.237 e. The fourth-order valence-electron chi connectivity index (χ4n) is 1.34. The van der Waals surface area contributed by atoms with Crippen LogP contribution in [0.3, 0.4) is 0 Å². The maximum absolute atomic E-state index is 11.1. The number of primary amides is 1. The van der Waals surface area contributed by atoms with E-state index in [9.17, 15) is 4.79 Å². The van der Waals surface area contributed by atoms with Gasteiger partial charge in [-0.05, 0) is 24.9 Å². The highest BCUT2D eigenvalue weighted by atomic mass is 32.2. The Balaban J connectivity index is 2.55. The highest BCUT2D eigenvalue weighted by Crippen LogP contribution is 2.29. The van der Waals surface area contributed by atoms with Gasteiger partial charge in [-0.1, -0.05) is 25.6 Å². The highest BCUT2D eigenvalue weighted by Gasteiger charge is 2.28. The molecule has 4 N–H and O–H groups in total. The van der Waals surface area contributed by atoms with Crippen LogP contribution in [-0.2, 0) is 11.2 Å². The van der Waals surface area contributed by atoms with E-state index in [0.717, 1.165) is 16.6 Å². The van der Waals surface area contributed by atoms with Crippen molar-refractivity contribution in [3.05, 3.63) is 5.82 Å². The molecule has 1 heterocycles. The number of thioether (sulfide) groups is 1. The molecule has 1 aromatic rings. The van der Waals surface area contributed by atoms with Crippen molar-refractivity contribution in [3.8, 4) is 0 Å². The molecule has 17 heavy (non-hydrogen) atoms. The Hall–Kier alpha value is -0.660. The molecular weight excluding hydrogens is 256 g/mol. The van der Waals surface area contributed by atoms with Gasteiger partial charge in [-0.25, -0.2) is 4.98 Å². The largest absolute Gasteiger partial charge is 0.368 e. The summed E-state index contributed by atoms with van der Waals surface area (Å²) in [6.45, 7) is 5.68. The van der Waals surface area contributed by atoms with Crippen molar-refractivity contribution < 1.29 is 4.79 Å². The minimum Gasteiger partial charge on any atom is -0.368 e. The van der Waals surface area contributed by atoms with Gasteiger partial charge < -0.3 is 11.5 Å². The molecule has 0 spiro atoms. The zero-order valence-electron chi connectivity index (χ0n) is 10.3. The molecule has 96 valence electrons. The molecule has 1 aromatic heterocycles. The first kappa shape index (κ1) is 14.4. The van der Waals surface area contributed by atoms with Gasteiger partial charge in [0.1, 0.15) is 5.82 Å². The normalized spacial score (nSPS) is 16.5. The minimum atomic E-state index is -0.968. The van der Waals surface area contributed by atoms with Crippen molar-refractivity contribution in [1.29, 1.82) is 0 Å². The number of amides is 1. The molecule has 0 fully saturated rings. The third-order valence-electron chi connectivity index (χ3n) is 2.34. The highest BCUT2D eigenvalue weighted by molar-refractivity contribution is 8.01. The van der Waals surface area contributed by atoms with E-state index in [4.69, 9.17) is 11.5 Å². The molecule has 2 atom stereocenters. The molecule has 7 heteroatoms. The summed E-state index contributed by atoms with van der Waals surface area (Å²) in [5.41, 5.74) is 10.1. The lowest BCUT2D eigenvalue weighted by atomic mass is 9.97. The van der Waals surface area contributed by atoms with Gasteiger partial charge in [-0.15, -0.1) is 0 Å². The van der Waals surface area contributed by atoms with Crippen LogP contribution < -0.4 is 11.5 Å². The lowest BCUT2D eigenvalue weighted by Gasteiger charge is -2.23. The van der Waals surface area contributed by atoms with E-state index < -0.39 is 11.4 Å². The average Bonchev–Trinajstić information content (AvgIpc) is 2.64. The molecule has 0 aliphatic carbocycles. The Morgan fingerprint density at radius 2 is 2.29 bits per heavy atom. The van der Waals surface area contributed by atoms with Crippen LogP contribution in [0.1, 0.15) is 33.0 Å². The summed E-state index contributed by atoms with van der Waals surface area (Å²) in [6.07, 6.45) is 1.36. The first-order valence-corrected chi connectivity index (χ1v) is 7.08. The molecular formula is C10H18N4OS2. The molecule has 1 rings (SSSR count). The zero-order valence-corrected chi connectivity index (χ0v) is 11.9. The summed E-state index contributed by atoms with van der Waals surface area (Å²) in [6, 6.07) is 0. The lowest BCUT2D eigenvalue weighted by Crippen LogP contribution is -2.50. The summed E-state index contributed by atoms with van der Waals surface area (Å²) in [5.74, 6) is 0.381. The van der Waals surface area contributed by atoms with Crippen LogP contribution in [0.2, 0.25) is 0 Å². The van der Waals surface area contributed by atoms with Crippen LogP contribution in [-0.4, -0.2) is 26.1 Å². The molecule has 5 nitrogen and oxygen atoms in total. The van der Waals surface area contributed by atoms with Gasteiger partial charge in [-0.3, -0.25) is 4.79 Å². The first-order chi connectivity index (χ1) is 7.85. The third-order valence-corrected chi connectivity index (χ3v) is 4.27. The summed E-state index contributed by atoms with van der Waals surface area (Å²) in [4.78, 5) is 15.5. The Labute approximate surface area is 110 Å². The van der Waals surface area contributed by atoms with Crippen molar-refractivity contribution in [3.63, 3.8) is 0 Å². The van der Waals surface area contributed by atoms with Crippen LogP contribution in [0.15, 0.2) is 4.34 Å². The first-order valence-electron chi connectivity index (χ1n) is 5.43. The Morgan fingerprint density at radius 3 is 2.76 bits per heavy atom. The van der Waals surface area contributed by atoms with Crippen molar-refractivity contribution in [1.82, 2.24) is 9.36 Å². The standard InChI is InChI=1S/C10H18N4OS2/c1-4-7-13-9(17-14-7)16-6(2)5-10(3,12)8(11)15/h6H,4-5,12H2,1-3H3,(H2,11,15). The van der Waals surface area contributed by atoms with Gasteiger partial charge in [0.05, 0.1) is 5.54 Å². The van der Waals surface area contributed by atoms with E-state index in [-0.39, 0.29) is 5.25 Å². The fraction of sp³-hybridized carbons (Fsp3) is 0.700. The van der Waals surface area contributed by atoms with Crippen molar-refractivity contribution in [2.45, 2.75) is 48.7 Å². The summed E-state index contributed by atoms with van der Waals surface area (Å²) in [5, 5.41) is 0.176. The zero-order chi connectivity index (χ0) is 13.1. The number of nitrogens with two attached hydrogens (primary N) is 2. The molecule has 2 unspecified atom stereocenters. The molecule has 0 saturated heterocycles. The van der Waals surface area contributed by atoms with E-state index >= 15 is 0 Å². The quantitative estimate of drug-likeness (QED) is 0.759. The number of rotatable bonds is 6. The minimum absolute atomic E-state index is 0.176. The van der Waals surface area contributed by atoms with Crippen molar-refractivity contribution in [2.24, 2.45) is 11.5 Å². The van der Waals surface area contributed by atoms with E-state index in [0.29, 0.717) is 6.42 Å². The van der Waals surface area contributed by atoms with E-state index in [2.05, 4.69) is 9.36 Å². The maximum atomic E-state index is 11.1. The predicted octanol–water partition coefficient (Wildman–Crippen LogP) is 1.17. The predicted molar refractivity (Wildman–Crippen MR) is 71.0 cm³/mol. The Bertz CT molecular complexity index is 391. The topological polar surface area (TPSA) is 94.9 Å². The monoisotopic (exact) mass is 274 g/mol. The maximum Gasteiger partial charge on any atom is 0.237 e. The summed E-state index contributed by atoms with van der Waals surface area (Å²) in [7, 11) is 0. The second kappa shape index (κ2) is 5.79. The second-order valence-corrected chi connectivity index (χ2v) is 6.68. The molecule has 0 bridgehead atoms. The third kappa shape index (κ3) is 4.25. The molecule has 0 aliphatic heterocycles. The Kier molecular flexibility index (Phi) is 4.91. The molecule has 1 amide bonds. The van der Waals surface area contributed by atoms with Gasteiger partial charge >= 0.3 is 0 Å². The van der Waals surface area contributed by atoms with Crippen molar-refractivity contribution in [2.75, 3.05) is 0 Å². The number of hydrogen-bond donors (Lipinski definition) is 2. The summed E-state index contributed by atoms with van der Waals surface area (Å²) < 4.78 is 5.12. The van der Waals surface area contributed by atoms with Crippen LogP contribution in [0.5, 0.6) is 0 Å². The van der Waals surface area contributed by atoms with Crippen LogP contribution >= 0.6 is 23.3 Å². The van der Waals surface area contributed by atoms with E-state index in [1.807, 2.05) is 13.8 Å². The average molecular weight is 274 g/mol. The number of aromatic nitrogens is 2. The molecule has 0 radical (unpaired) electrons. The van der Waals surface area contributed by atoms with Gasteiger partial charge in [0, 0.05) is 11.7 Å².